The smallest absolute Gasteiger partial charge is 0.263 e. The van der Waals surface area contributed by atoms with Crippen molar-refractivity contribution in [2.45, 2.75) is 6.54 Å². The van der Waals surface area contributed by atoms with Crippen LogP contribution in [0.4, 0.5) is 5.69 Å². The van der Waals surface area contributed by atoms with E-state index >= 15 is 0 Å². The fraction of sp³-hybridized carbons (Fsp3) is 0.0625. The van der Waals surface area contributed by atoms with Gasteiger partial charge in [-0.15, -0.1) is 0 Å². The van der Waals surface area contributed by atoms with Crippen molar-refractivity contribution in [1.29, 1.82) is 5.26 Å². The molecule has 0 saturated heterocycles. The average molecular weight is 347 g/mol. The Labute approximate surface area is 143 Å². The van der Waals surface area contributed by atoms with Crippen LogP contribution in [-0.2, 0) is 11.3 Å². The molecule has 0 unspecified atom stereocenters. The van der Waals surface area contributed by atoms with Gasteiger partial charge in [0.25, 0.3) is 5.91 Å². The standard InChI is InChI=1S/C16H12Cl2N4O/c17-14-4-3-13(6-15(14)18)21-10-12(7-19)16(23)22-9-11-2-1-5-20-8-11/h1-6,8,10,21H,9H2,(H,22,23)/b12-10-. The highest BCUT2D eigenvalue weighted by molar-refractivity contribution is 6.42. The highest BCUT2D eigenvalue weighted by Gasteiger charge is 2.08. The molecule has 1 heterocycles. The van der Waals surface area contributed by atoms with E-state index in [0.29, 0.717) is 22.3 Å². The Balaban J connectivity index is 1.99. The molecule has 0 aliphatic heterocycles. The van der Waals surface area contributed by atoms with Gasteiger partial charge >= 0.3 is 0 Å². The minimum atomic E-state index is -0.482. The number of anilines is 1. The first-order valence-electron chi connectivity index (χ1n) is 6.59. The van der Waals surface area contributed by atoms with Crippen molar-refractivity contribution in [2.75, 3.05) is 5.32 Å². The van der Waals surface area contributed by atoms with Gasteiger partial charge in [0.2, 0.25) is 0 Å². The van der Waals surface area contributed by atoms with Crippen LogP contribution in [0, 0.1) is 11.3 Å². The molecule has 0 atom stereocenters. The lowest BCUT2D eigenvalue weighted by Crippen LogP contribution is -2.24. The molecule has 0 saturated carbocycles. The summed E-state index contributed by atoms with van der Waals surface area (Å²) in [4.78, 5) is 15.9. The number of halogens is 2. The summed E-state index contributed by atoms with van der Waals surface area (Å²) in [5, 5.41) is 15.4. The first kappa shape index (κ1) is 16.8. The maximum absolute atomic E-state index is 12.0. The zero-order chi connectivity index (χ0) is 16.7. The van der Waals surface area contributed by atoms with E-state index in [-0.39, 0.29) is 5.57 Å². The molecule has 2 N–H and O–H groups in total. The maximum Gasteiger partial charge on any atom is 0.263 e. The molecule has 23 heavy (non-hydrogen) atoms. The summed E-state index contributed by atoms with van der Waals surface area (Å²) in [6.07, 6.45) is 4.61. The van der Waals surface area contributed by atoms with Crippen molar-refractivity contribution in [2.24, 2.45) is 0 Å². The predicted octanol–water partition coefficient (Wildman–Crippen LogP) is 3.52. The van der Waals surface area contributed by atoms with Gasteiger partial charge in [-0.2, -0.15) is 5.26 Å². The first-order chi connectivity index (χ1) is 11.1. The number of amides is 1. The molecule has 1 amide bonds. The van der Waals surface area contributed by atoms with Gasteiger partial charge < -0.3 is 10.6 Å². The summed E-state index contributed by atoms with van der Waals surface area (Å²) in [5.41, 5.74) is 1.41. The van der Waals surface area contributed by atoms with Crippen LogP contribution in [0.3, 0.4) is 0 Å². The third-order valence-electron chi connectivity index (χ3n) is 2.84. The van der Waals surface area contributed by atoms with E-state index < -0.39 is 5.91 Å². The second-order valence-electron chi connectivity index (χ2n) is 4.49. The lowest BCUT2D eigenvalue weighted by Gasteiger charge is -2.06. The Bertz CT molecular complexity index is 769. The average Bonchev–Trinajstić information content (AvgIpc) is 2.57. The van der Waals surface area contributed by atoms with Crippen molar-refractivity contribution in [3.05, 3.63) is 70.1 Å². The van der Waals surface area contributed by atoms with Crippen molar-refractivity contribution < 1.29 is 4.79 Å². The topological polar surface area (TPSA) is 77.8 Å². The third-order valence-corrected chi connectivity index (χ3v) is 3.58. The summed E-state index contributed by atoms with van der Waals surface area (Å²) in [7, 11) is 0. The first-order valence-corrected chi connectivity index (χ1v) is 7.34. The van der Waals surface area contributed by atoms with Gasteiger partial charge in [0.05, 0.1) is 10.0 Å². The van der Waals surface area contributed by atoms with Crippen LogP contribution in [-0.4, -0.2) is 10.9 Å². The zero-order valence-corrected chi connectivity index (χ0v) is 13.4. The Kier molecular flexibility index (Phi) is 5.98. The maximum atomic E-state index is 12.0. The van der Waals surface area contributed by atoms with E-state index in [4.69, 9.17) is 28.5 Å². The van der Waals surface area contributed by atoms with Crippen LogP contribution >= 0.6 is 23.2 Å². The summed E-state index contributed by atoms with van der Waals surface area (Å²) < 4.78 is 0. The fourth-order valence-corrected chi connectivity index (χ4v) is 1.97. The van der Waals surface area contributed by atoms with Crippen molar-refractivity contribution in [1.82, 2.24) is 10.3 Å². The number of hydrogen-bond donors (Lipinski definition) is 2. The van der Waals surface area contributed by atoms with Gasteiger partial charge in [-0.05, 0) is 29.8 Å². The molecule has 0 radical (unpaired) electrons. The number of nitrogens with one attached hydrogen (secondary N) is 2. The number of carbonyl (C=O) groups excluding carboxylic acids is 1. The molecule has 0 fully saturated rings. The van der Waals surface area contributed by atoms with E-state index in [1.807, 2.05) is 12.1 Å². The number of benzene rings is 1. The van der Waals surface area contributed by atoms with Crippen molar-refractivity contribution in [3.63, 3.8) is 0 Å². The second kappa shape index (κ2) is 8.18. The molecule has 116 valence electrons. The molecule has 1 aromatic heterocycles. The van der Waals surface area contributed by atoms with Gasteiger partial charge in [-0.1, -0.05) is 29.3 Å². The number of nitriles is 1. The molecule has 7 heteroatoms. The van der Waals surface area contributed by atoms with Crippen LogP contribution in [0.2, 0.25) is 10.0 Å². The van der Waals surface area contributed by atoms with E-state index in [1.165, 1.54) is 6.20 Å². The summed E-state index contributed by atoms with van der Waals surface area (Å²) >= 11 is 11.7. The Morgan fingerprint density at radius 3 is 2.78 bits per heavy atom. The molecule has 1 aromatic carbocycles. The second-order valence-corrected chi connectivity index (χ2v) is 5.30. The zero-order valence-electron chi connectivity index (χ0n) is 11.9. The van der Waals surface area contributed by atoms with E-state index in [9.17, 15) is 4.79 Å². The fourth-order valence-electron chi connectivity index (χ4n) is 1.67. The quantitative estimate of drug-likeness (QED) is 0.641. The molecule has 0 aliphatic rings. The van der Waals surface area contributed by atoms with Crippen LogP contribution in [0.25, 0.3) is 0 Å². The highest BCUT2D eigenvalue weighted by atomic mass is 35.5. The van der Waals surface area contributed by atoms with Crippen molar-refractivity contribution in [3.8, 4) is 6.07 Å². The summed E-state index contributed by atoms with van der Waals surface area (Å²) in [6, 6.07) is 10.4. The normalized spacial score (nSPS) is 10.7. The summed E-state index contributed by atoms with van der Waals surface area (Å²) in [5.74, 6) is -0.482. The van der Waals surface area contributed by atoms with Gasteiger partial charge in [0, 0.05) is 30.8 Å². The number of rotatable bonds is 5. The van der Waals surface area contributed by atoms with Crippen LogP contribution < -0.4 is 10.6 Å². The number of carbonyl (C=O) groups is 1. The number of aromatic nitrogens is 1. The Morgan fingerprint density at radius 2 is 2.13 bits per heavy atom. The Morgan fingerprint density at radius 1 is 1.30 bits per heavy atom. The SMILES string of the molecule is N#C/C(=C/Nc1ccc(Cl)c(Cl)c1)C(=O)NCc1cccnc1. The Hall–Kier alpha value is -2.55. The molecule has 0 aliphatic carbocycles. The van der Waals surface area contributed by atoms with Crippen molar-refractivity contribution >= 4 is 34.8 Å². The highest BCUT2D eigenvalue weighted by Crippen LogP contribution is 2.25. The monoisotopic (exact) mass is 346 g/mol. The van der Waals surface area contributed by atoms with Crippen LogP contribution in [0.15, 0.2) is 54.5 Å². The number of hydrogen-bond acceptors (Lipinski definition) is 4. The van der Waals surface area contributed by atoms with Gasteiger partial charge in [-0.25, -0.2) is 0 Å². The minimum Gasteiger partial charge on any atom is -0.360 e. The van der Waals surface area contributed by atoms with E-state index in [0.717, 1.165) is 5.56 Å². The van der Waals surface area contributed by atoms with E-state index in [1.54, 1.807) is 36.7 Å². The molecular weight excluding hydrogens is 335 g/mol. The number of pyridine rings is 1. The van der Waals surface area contributed by atoms with Gasteiger partial charge in [0.15, 0.2) is 0 Å². The van der Waals surface area contributed by atoms with E-state index in [2.05, 4.69) is 15.6 Å². The lowest BCUT2D eigenvalue weighted by molar-refractivity contribution is -0.117. The molecule has 2 aromatic rings. The molecule has 0 spiro atoms. The largest absolute Gasteiger partial charge is 0.360 e. The van der Waals surface area contributed by atoms with Crippen LogP contribution in [0.5, 0.6) is 0 Å². The number of nitrogens with zero attached hydrogens (tertiary/aromatic N) is 2. The predicted molar refractivity (Wildman–Crippen MR) is 89.9 cm³/mol. The molecule has 0 bridgehead atoms. The molecule has 2 rings (SSSR count). The third kappa shape index (κ3) is 4.99. The minimum absolute atomic E-state index is 0.0556. The summed E-state index contributed by atoms with van der Waals surface area (Å²) in [6.45, 7) is 0.290. The lowest BCUT2D eigenvalue weighted by atomic mass is 10.2. The van der Waals surface area contributed by atoms with Gasteiger partial charge in [-0.3, -0.25) is 9.78 Å². The van der Waals surface area contributed by atoms with Crippen LogP contribution in [0.1, 0.15) is 5.56 Å². The van der Waals surface area contributed by atoms with Gasteiger partial charge in [0.1, 0.15) is 11.6 Å². The molecule has 5 nitrogen and oxygen atoms in total. The molecular formula is C16H12Cl2N4O.